The third-order valence-electron chi connectivity index (χ3n) is 3.56. The molecular weight excluding hydrogens is 256 g/mol. The molecule has 0 saturated heterocycles. The van der Waals surface area contributed by atoms with E-state index in [4.69, 9.17) is 9.47 Å². The molecule has 0 amide bonds. The van der Waals surface area contributed by atoms with Crippen molar-refractivity contribution in [2.45, 2.75) is 18.6 Å². The fraction of sp³-hybridized carbons (Fsp3) is 0.250. The molecule has 0 spiro atoms. The minimum atomic E-state index is -0.561. The van der Waals surface area contributed by atoms with Crippen LogP contribution in [-0.2, 0) is 0 Å². The van der Waals surface area contributed by atoms with Crippen LogP contribution in [0, 0.1) is 0 Å². The van der Waals surface area contributed by atoms with Gasteiger partial charge in [-0.1, -0.05) is 24.3 Å². The zero-order valence-corrected chi connectivity index (χ0v) is 11.1. The number of methoxy groups -OCH3 is 1. The molecule has 2 aromatic carbocycles. The summed E-state index contributed by atoms with van der Waals surface area (Å²) >= 11 is 0. The van der Waals surface area contributed by atoms with E-state index in [0.29, 0.717) is 17.9 Å². The first kappa shape index (κ1) is 12.8. The molecule has 4 nitrogen and oxygen atoms in total. The van der Waals surface area contributed by atoms with Crippen molar-refractivity contribution in [3.63, 3.8) is 0 Å². The Bertz CT molecular complexity index is 624. The molecule has 2 N–H and O–H groups in total. The highest BCUT2D eigenvalue weighted by Gasteiger charge is 2.28. The number of hydrogen-bond donors (Lipinski definition) is 2. The predicted octanol–water partition coefficient (Wildman–Crippen LogP) is 2.96. The molecule has 1 aliphatic rings. The first-order valence-electron chi connectivity index (χ1n) is 6.49. The second-order valence-electron chi connectivity index (χ2n) is 4.83. The van der Waals surface area contributed by atoms with Crippen molar-refractivity contribution < 1.29 is 19.7 Å². The molecule has 2 atom stereocenters. The Morgan fingerprint density at radius 3 is 2.75 bits per heavy atom. The van der Waals surface area contributed by atoms with Crippen LogP contribution in [0.3, 0.4) is 0 Å². The molecule has 104 valence electrons. The SMILES string of the molecule is COc1ccc(C2CC(O)c3ccccc3O2)cc1O. The van der Waals surface area contributed by atoms with Crippen molar-refractivity contribution in [1.82, 2.24) is 0 Å². The lowest BCUT2D eigenvalue weighted by atomic mass is 9.95. The maximum absolute atomic E-state index is 10.2. The maximum Gasteiger partial charge on any atom is 0.160 e. The molecule has 0 fully saturated rings. The summed E-state index contributed by atoms with van der Waals surface area (Å²) in [6.45, 7) is 0. The van der Waals surface area contributed by atoms with Gasteiger partial charge >= 0.3 is 0 Å². The summed E-state index contributed by atoms with van der Waals surface area (Å²) in [7, 11) is 1.51. The van der Waals surface area contributed by atoms with Crippen LogP contribution >= 0.6 is 0 Å². The summed E-state index contributed by atoms with van der Waals surface area (Å²) in [5.41, 5.74) is 1.62. The Balaban J connectivity index is 1.91. The van der Waals surface area contributed by atoms with Crippen molar-refractivity contribution in [3.05, 3.63) is 53.6 Å². The number of fused-ring (bicyclic) bond motifs is 1. The number of aromatic hydroxyl groups is 1. The van der Waals surface area contributed by atoms with Crippen molar-refractivity contribution >= 4 is 0 Å². The predicted molar refractivity (Wildman–Crippen MR) is 74.0 cm³/mol. The third-order valence-corrected chi connectivity index (χ3v) is 3.56. The van der Waals surface area contributed by atoms with Crippen LogP contribution in [-0.4, -0.2) is 17.3 Å². The van der Waals surface area contributed by atoms with Crippen molar-refractivity contribution in [3.8, 4) is 17.2 Å². The molecule has 0 aliphatic carbocycles. The molecule has 2 aromatic rings. The molecule has 0 aromatic heterocycles. The normalized spacial score (nSPS) is 20.9. The molecular formula is C16H16O4. The van der Waals surface area contributed by atoms with Crippen LogP contribution in [0.5, 0.6) is 17.2 Å². The molecule has 2 unspecified atom stereocenters. The molecule has 0 bridgehead atoms. The summed E-state index contributed by atoms with van der Waals surface area (Å²) in [6, 6.07) is 12.6. The van der Waals surface area contributed by atoms with Gasteiger partial charge in [0.25, 0.3) is 0 Å². The highest BCUT2D eigenvalue weighted by molar-refractivity contribution is 5.44. The van der Waals surface area contributed by atoms with Crippen LogP contribution in [0.1, 0.15) is 29.8 Å². The summed E-state index contributed by atoms with van der Waals surface area (Å²) in [4.78, 5) is 0. The van der Waals surface area contributed by atoms with Crippen molar-refractivity contribution in [2.24, 2.45) is 0 Å². The van der Waals surface area contributed by atoms with Gasteiger partial charge in [-0.15, -0.1) is 0 Å². The number of aliphatic hydroxyl groups excluding tert-OH is 1. The maximum atomic E-state index is 10.2. The number of aliphatic hydroxyl groups is 1. The van der Waals surface area contributed by atoms with E-state index in [1.165, 1.54) is 7.11 Å². The molecule has 20 heavy (non-hydrogen) atoms. The van der Waals surface area contributed by atoms with Gasteiger partial charge in [-0.25, -0.2) is 0 Å². The van der Waals surface area contributed by atoms with Gasteiger partial charge in [0, 0.05) is 12.0 Å². The molecule has 0 saturated carbocycles. The number of rotatable bonds is 2. The topological polar surface area (TPSA) is 58.9 Å². The van der Waals surface area contributed by atoms with Crippen molar-refractivity contribution in [1.29, 1.82) is 0 Å². The monoisotopic (exact) mass is 272 g/mol. The quantitative estimate of drug-likeness (QED) is 0.882. The fourth-order valence-corrected chi connectivity index (χ4v) is 2.51. The smallest absolute Gasteiger partial charge is 0.160 e. The average Bonchev–Trinajstić information content (AvgIpc) is 2.47. The lowest BCUT2D eigenvalue weighted by molar-refractivity contribution is 0.0656. The standard InChI is InChI=1S/C16H16O4/c1-19-15-7-6-10(8-13(15)18)16-9-12(17)11-4-2-3-5-14(11)20-16/h2-8,12,16-18H,9H2,1H3. The fourth-order valence-electron chi connectivity index (χ4n) is 2.51. The largest absolute Gasteiger partial charge is 0.504 e. The Morgan fingerprint density at radius 2 is 2.00 bits per heavy atom. The van der Waals surface area contributed by atoms with Gasteiger partial charge in [-0.2, -0.15) is 0 Å². The molecule has 0 radical (unpaired) electrons. The number of phenolic OH excluding ortho intramolecular Hbond substituents is 1. The van der Waals surface area contributed by atoms with Gasteiger partial charge in [0.2, 0.25) is 0 Å². The molecule has 1 aliphatic heterocycles. The van der Waals surface area contributed by atoms with Gasteiger partial charge in [0.05, 0.1) is 13.2 Å². The summed E-state index contributed by atoms with van der Waals surface area (Å²) in [5.74, 6) is 1.18. The number of benzene rings is 2. The van der Waals surface area contributed by atoms with E-state index in [1.54, 1.807) is 12.1 Å². The van der Waals surface area contributed by atoms with Crippen LogP contribution in [0.15, 0.2) is 42.5 Å². The van der Waals surface area contributed by atoms with Gasteiger partial charge in [-0.05, 0) is 23.8 Å². The third kappa shape index (κ3) is 2.18. The van der Waals surface area contributed by atoms with Gasteiger partial charge in [-0.3, -0.25) is 0 Å². The second kappa shape index (κ2) is 5.06. The van der Waals surface area contributed by atoms with Crippen molar-refractivity contribution in [2.75, 3.05) is 7.11 Å². The van der Waals surface area contributed by atoms with Crippen LogP contribution < -0.4 is 9.47 Å². The van der Waals surface area contributed by atoms with E-state index >= 15 is 0 Å². The zero-order chi connectivity index (χ0) is 14.1. The van der Waals surface area contributed by atoms with E-state index in [1.807, 2.05) is 30.3 Å². The van der Waals surface area contributed by atoms with E-state index in [2.05, 4.69) is 0 Å². The van der Waals surface area contributed by atoms with E-state index in [0.717, 1.165) is 11.1 Å². The average molecular weight is 272 g/mol. The first-order valence-corrected chi connectivity index (χ1v) is 6.49. The highest BCUT2D eigenvalue weighted by atomic mass is 16.5. The number of ether oxygens (including phenoxy) is 2. The Kier molecular flexibility index (Phi) is 3.24. The minimum Gasteiger partial charge on any atom is -0.504 e. The molecule has 1 heterocycles. The van der Waals surface area contributed by atoms with Crippen LogP contribution in [0.4, 0.5) is 0 Å². The van der Waals surface area contributed by atoms with Crippen LogP contribution in [0.25, 0.3) is 0 Å². The lowest BCUT2D eigenvalue weighted by Gasteiger charge is -2.30. The lowest BCUT2D eigenvalue weighted by Crippen LogP contribution is -2.18. The van der Waals surface area contributed by atoms with E-state index in [-0.39, 0.29) is 11.9 Å². The van der Waals surface area contributed by atoms with Gasteiger partial charge < -0.3 is 19.7 Å². The molecule has 3 rings (SSSR count). The van der Waals surface area contributed by atoms with Gasteiger partial charge in [0.15, 0.2) is 11.5 Å². The number of phenols is 1. The van der Waals surface area contributed by atoms with Gasteiger partial charge in [0.1, 0.15) is 11.9 Å². The number of hydrogen-bond acceptors (Lipinski definition) is 4. The molecule has 4 heteroatoms. The Morgan fingerprint density at radius 1 is 1.20 bits per heavy atom. The first-order chi connectivity index (χ1) is 9.69. The number of para-hydroxylation sites is 1. The minimum absolute atomic E-state index is 0.0712. The summed E-state index contributed by atoms with van der Waals surface area (Å²) in [5, 5.41) is 20.0. The highest BCUT2D eigenvalue weighted by Crippen LogP contribution is 2.41. The Hall–Kier alpha value is -2.20. The summed E-state index contributed by atoms with van der Waals surface area (Å²) < 4.78 is 10.9. The van der Waals surface area contributed by atoms with E-state index < -0.39 is 6.10 Å². The zero-order valence-electron chi connectivity index (χ0n) is 11.1. The van der Waals surface area contributed by atoms with E-state index in [9.17, 15) is 10.2 Å². The second-order valence-corrected chi connectivity index (χ2v) is 4.83. The Labute approximate surface area is 117 Å². The summed E-state index contributed by atoms with van der Waals surface area (Å²) in [6.07, 6.45) is -0.381. The van der Waals surface area contributed by atoms with Crippen LogP contribution in [0.2, 0.25) is 0 Å².